The van der Waals surface area contributed by atoms with Gasteiger partial charge in [-0.05, 0) is 26.0 Å². The highest BCUT2D eigenvalue weighted by molar-refractivity contribution is 5.98. The first-order valence-corrected chi connectivity index (χ1v) is 5.56. The average Bonchev–Trinajstić information content (AvgIpc) is 2.38. The van der Waals surface area contributed by atoms with Gasteiger partial charge in [0.05, 0.1) is 13.7 Å². The van der Waals surface area contributed by atoms with Crippen molar-refractivity contribution in [2.45, 2.75) is 19.9 Å². The number of carbonyl (C=O) groups is 2. The molecule has 1 aromatic rings. The summed E-state index contributed by atoms with van der Waals surface area (Å²) in [6.07, 6.45) is 1.52. The van der Waals surface area contributed by atoms with Crippen LogP contribution in [0.5, 0.6) is 5.88 Å². The molecular formula is C12H16N2O4. The maximum absolute atomic E-state index is 11.9. The molecule has 6 nitrogen and oxygen atoms in total. The Labute approximate surface area is 105 Å². The predicted octanol–water partition coefficient (Wildman–Crippen LogP) is 0.772. The van der Waals surface area contributed by atoms with Gasteiger partial charge in [0.15, 0.2) is 0 Å². The highest BCUT2D eigenvalue weighted by Crippen LogP contribution is 2.13. The van der Waals surface area contributed by atoms with Crippen molar-refractivity contribution in [1.82, 2.24) is 10.3 Å². The molecule has 0 spiro atoms. The molecule has 1 heterocycles. The Balaban J connectivity index is 2.73. The van der Waals surface area contributed by atoms with Crippen molar-refractivity contribution in [3.8, 4) is 5.88 Å². The van der Waals surface area contributed by atoms with Crippen molar-refractivity contribution in [3.05, 3.63) is 23.9 Å². The first kappa shape index (κ1) is 14.0. The number of nitrogens with one attached hydrogen (secondary N) is 1. The first-order chi connectivity index (χ1) is 8.60. The van der Waals surface area contributed by atoms with Gasteiger partial charge >= 0.3 is 5.97 Å². The van der Waals surface area contributed by atoms with E-state index >= 15 is 0 Å². The van der Waals surface area contributed by atoms with Crippen molar-refractivity contribution in [2.75, 3.05) is 13.7 Å². The van der Waals surface area contributed by atoms with E-state index in [4.69, 9.17) is 9.47 Å². The molecule has 0 aliphatic heterocycles. The second kappa shape index (κ2) is 6.58. The number of amides is 1. The van der Waals surface area contributed by atoms with Crippen LogP contribution in [-0.2, 0) is 9.53 Å². The number of hydrogen-bond acceptors (Lipinski definition) is 5. The highest BCUT2D eigenvalue weighted by atomic mass is 16.5. The molecule has 0 bridgehead atoms. The van der Waals surface area contributed by atoms with E-state index in [2.05, 4.69) is 10.3 Å². The number of nitrogens with zero attached hydrogens (tertiary/aromatic N) is 1. The number of pyridine rings is 1. The van der Waals surface area contributed by atoms with E-state index in [1.54, 1.807) is 26.0 Å². The maximum atomic E-state index is 11.9. The van der Waals surface area contributed by atoms with E-state index in [0.717, 1.165) is 0 Å². The summed E-state index contributed by atoms with van der Waals surface area (Å²) in [5.41, 5.74) is 0.274. The molecule has 0 aliphatic carbocycles. The third-order valence-corrected chi connectivity index (χ3v) is 2.20. The Hall–Kier alpha value is -2.11. The minimum atomic E-state index is -0.720. The second-order valence-electron chi connectivity index (χ2n) is 3.51. The molecule has 98 valence electrons. The fraction of sp³-hybridized carbons (Fsp3) is 0.417. The van der Waals surface area contributed by atoms with Crippen molar-refractivity contribution in [3.63, 3.8) is 0 Å². The smallest absolute Gasteiger partial charge is 0.328 e. The topological polar surface area (TPSA) is 77.5 Å². The van der Waals surface area contributed by atoms with E-state index in [1.165, 1.54) is 13.3 Å². The van der Waals surface area contributed by atoms with Gasteiger partial charge in [-0.15, -0.1) is 0 Å². The molecule has 18 heavy (non-hydrogen) atoms. The van der Waals surface area contributed by atoms with Crippen LogP contribution < -0.4 is 10.1 Å². The van der Waals surface area contributed by atoms with Gasteiger partial charge in [0.2, 0.25) is 5.88 Å². The van der Waals surface area contributed by atoms with Crippen LogP contribution in [0.4, 0.5) is 0 Å². The Morgan fingerprint density at radius 1 is 1.50 bits per heavy atom. The lowest BCUT2D eigenvalue weighted by atomic mass is 10.2. The number of hydrogen-bond donors (Lipinski definition) is 1. The Kier molecular flexibility index (Phi) is 5.10. The molecule has 0 aliphatic rings. The van der Waals surface area contributed by atoms with Crippen LogP contribution >= 0.6 is 0 Å². The van der Waals surface area contributed by atoms with Gasteiger partial charge in [-0.2, -0.15) is 0 Å². The molecule has 1 rings (SSSR count). The summed E-state index contributed by atoms with van der Waals surface area (Å²) in [5, 5.41) is 2.52. The lowest BCUT2D eigenvalue weighted by molar-refractivity contribution is -0.144. The van der Waals surface area contributed by atoms with Gasteiger partial charge in [-0.1, -0.05) is 0 Å². The minimum Gasteiger partial charge on any atom is -0.480 e. The number of methoxy groups -OCH3 is 1. The molecular weight excluding hydrogens is 236 g/mol. The van der Waals surface area contributed by atoms with Gasteiger partial charge in [0.25, 0.3) is 5.91 Å². The quantitative estimate of drug-likeness (QED) is 0.783. The normalized spacial score (nSPS) is 11.5. The summed E-state index contributed by atoms with van der Waals surface area (Å²) in [4.78, 5) is 27.2. The van der Waals surface area contributed by atoms with Crippen molar-refractivity contribution in [2.24, 2.45) is 0 Å². The Bertz CT molecular complexity index is 434. The summed E-state index contributed by atoms with van der Waals surface area (Å²) < 4.78 is 9.76. The zero-order valence-corrected chi connectivity index (χ0v) is 10.6. The van der Waals surface area contributed by atoms with Crippen LogP contribution in [0.1, 0.15) is 24.2 Å². The molecule has 1 unspecified atom stereocenters. The monoisotopic (exact) mass is 252 g/mol. The number of aromatic nitrogens is 1. The van der Waals surface area contributed by atoms with E-state index in [0.29, 0.717) is 0 Å². The summed E-state index contributed by atoms with van der Waals surface area (Å²) >= 11 is 0. The average molecular weight is 252 g/mol. The van der Waals surface area contributed by atoms with E-state index in [-0.39, 0.29) is 18.1 Å². The molecule has 0 aromatic carbocycles. The van der Waals surface area contributed by atoms with Crippen LogP contribution in [0.3, 0.4) is 0 Å². The van der Waals surface area contributed by atoms with Gasteiger partial charge in [-0.3, -0.25) is 4.79 Å². The summed E-state index contributed by atoms with van der Waals surface area (Å²) in [5.74, 6) is -0.694. The maximum Gasteiger partial charge on any atom is 0.328 e. The van der Waals surface area contributed by atoms with Crippen LogP contribution in [0.2, 0.25) is 0 Å². The lowest BCUT2D eigenvalue weighted by Crippen LogP contribution is -2.39. The Morgan fingerprint density at radius 3 is 2.83 bits per heavy atom. The zero-order valence-electron chi connectivity index (χ0n) is 10.6. The van der Waals surface area contributed by atoms with E-state index in [9.17, 15) is 9.59 Å². The third kappa shape index (κ3) is 3.44. The number of esters is 1. The molecule has 1 amide bonds. The van der Waals surface area contributed by atoms with Crippen LogP contribution in [0.25, 0.3) is 0 Å². The zero-order chi connectivity index (χ0) is 13.5. The van der Waals surface area contributed by atoms with Gasteiger partial charge < -0.3 is 14.8 Å². The molecule has 0 saturated carbocycles. The lowest BCUT2D eigenvalue weighted by Gasteiger charge is -2.13. The fourth-order valence-corrected chi connectivity index (χ4v) is 1.33. The molecule has 0 saturated heterocycles. The number of ether oxygens (including phenoxy) is 2. The third-order valence-electron chi connectivity index (χ3n) is 2.20. The summed E-state index contributed by atoms with van der Waals surface area (Å²) in [6.45, 7) is 3.53. The molecule has 6 heteroatoms. The molecule has 1 N–H and O–H groups in total. The summed E-state index contributed by atoms with van der Waals surface area (Å²) in [7, 11) is 1.42. The molecule has 1 aromatic heterocycles. The fourth-order valence-electron chi connectivity index (χ4n) is 1.33. The number of rotatable bonds is 5. The minimum absolute atomic E-state index is 0.214. The molecule has 1 atom stereocenters. The van der Waals surface area contributed by atoms with Gasteiger partial charge in [0.1, 0.15) is 11.6 Å². The first-order valence-electron chi connectivity index (χ1n) is 5.56. The standard InChI is InChI=1S/C12H16N2O4/c1-4-18-12(16)8(2)14-10(15)9-6-5-7-13-11(9)17-3/h5-8H,4H2,1-3H3,(H,14,15). The van der Waals surface area contributed by atoms with Crippen LogP contribution in [0.15, 0.2) is 18.3 Å². The SMILES string of the molecule is CCOC(=O)C(C)NC(=O)c1cccnc1OC. The molecule has 0 radical (unpaired) electrons. The molecule has 0 fully saturated rings. The second-order valence-corrected chi connectivity index (χ2v) is 3.51. The van der Waals surface area contributed by atoms with E-state index in [1.807, 2.05) is 0 Å². The Morgan fingerprint density at radius 2 is 2.22 bits per heavy atom. The highest BCUT2D eigenvalue weighted by Gasteiger charge is 2.20. The van der Waals surface area contributed by atoms with E-state index < -0.39 is 17.9 Å². The largest absolute Gasteiger partial charge is 0.480 e. The van der Waals surface area contributed by atoms with Gasteiger partial charge in [0, 0.05) is 6.20 Å². The van der Waals surface area contributed by atoms with Crippen molar-refractivity contribution < 1.29 is 19.1 Å². The van der Waals surface area contributed by atoms with Crippen LogP contribution in [-0.4, -0.2) is 36.6 Å². The number of carbonyl (C=O) groups excluding carboxylic acids is 2. The van der Waals surface area contributed by atoms with Crippen molar-refractivity contribution in [1.29, 1.82) is 0 Å². The summed E-state index contributed by atoms with van der Waals surface area (Å²) in [6, 6.07) is 2.47. The van der Waals surface area contributed by atoms with Gasteiger partial charge in [-0.25, -0.2) is 9.78 Å². The van der Waals surface area contributed by atoms with Crippen molar-refractivity contribution >= 4 is 11.9 Å². The van der Waals surface area contributed by atoms with Crippen LogP contribution in [0, 0.1) is 0 Å². The predicted molar refractivity (Wildman–Crippen MR) is 64.4 cm³/mol.